The van der Waals surface area contributed by atoms with Crippen LogP contribution in [0.1, 0.15) is 32.1 Å². The summed E-state index contributed by atoms with van der Waals surface area (Å²) in [5.74, 6) is 1.75. The van der Waals surface area contributed by atoms with Gasteiger partial charge in [0.25, 0.3) is 0 Å². The van der Waals surface area contributed by atoms with E-state index in [1.807, 2.05) is 6.07 Å². The fraction of sp³-hybridized carbons (Fsp3) is 0.421. The first-order valence-corrected chi connectivity index (χ1v) is 9.74. The van der Waals surface area contributed by atoms with Crippen molar-refractivity contribution in [3.8, 4) is 17.0 Å². The Hall–Kier alpha value is -2.21. The van der Waals surface area contributed by atoms with Crippen molar-refractivity contribution in [2.75, 3.05) is 12.0 Å². The third-order valence-electron chi connectivity index (χ3n) is 5.54. The summed E-state index contributed by atoms with van der Waals surface area (Å²) in [5, 5.41) is 3.31. The van der Waals surface area contributed by atoms with Crippen LogP contribution in [-0.4, -0.2) is 34.1 Å². The molecule has 2 aliphatic heterocycles. The maximum absolute atomic E-state index is 5.50. The van der Waals surface area contributed by atoms with Crippen LogP contribution in [0.5, 0.6) is 5.88 Å². The van der Waals surface area contributed by atoms with Gasteiger partial charge in [-0.05, 0) is 44.2 Å². The molecule has 0 spiro atoms. The van der Waals surface area contributed by atoms with Crippen molar-refractivity contribution < 1.29 is 4.74 Å². The van der Waals surface area contributed by atoms with E-state index in [-0.39, 0.29) is 0 Å². The zero-order valence-corrected chi connectivity index (χ0v) is 15.0. The van der Waals surface area contributed by atoms with Gasteiger partial charge in [0, 0.05) is 34.8 Å². The average Bonchev–Trinajstić information content (AvgIpc) is 3.19. The van der Waals surface area contributed by atoms with Crippen molar-refractivity contribution in [1.82, 2.24) is 15.0 Å². The van der Waals surface area contributed by atoms with Gasteiger partial charge in [-0.15, -0.1) is 11.3 Å². The number of pyridine rings is 1. The molecule has 6 heteroatoms. The molecule has 2 unspecified atom stereocenters. The molecule has 0 N–H and O–H groups in total. The number of piperidine rings is 1. The number of aromatic nitrogens is 3. The van der Waals surface area contributed by atoms with E-state index < -0.39 is 0 Å². The summed E-state index contributed by atoms with van der Waals surface area (Å²) < 4.78 is 5.50. The van der Waals surface area contributed by atoms with Crippen molar-refractivity contribution in [3.63, 3.8) is 0 Å². The van der Waals surface area contributed by atoms with E-state index in [1.165, 1.54) is 32.1 Å². The van der Waals surface area contributed by atoms with E-state index in [4.69, 9.17) is 9.72 Å². The van der Waals surface area contributed by atoms with Gasteiger partial charge in [-0.1, -0.05) is 0 Å². The van der Waals surface area contributed by atoms with Gasteiger partial charge in [0.15, 0.2) is 0 Å². The maximum atomic E-state index is 5.50. The summed E-state index contributed by atoms with van der Waals surface area (Å²) in [6.07, 6.45) is 9.94. The van der Waals surface area contributed by atoms with E-state index in [0.717, 1.165) is 27.2 Å². The number of hydrogen-bond donors (Lipinski definition) is 0. The molecule has 2 atom stereocenters. The lowest BCUT2D eigenvalue weighted by molar-refractivity contribution is 0.400. The van der Waals surface area contributed by atoms with Crippen LogP contribution >= 0.6 is 11.3 Å². The van der Waals surface area contributed by atoms with Crippen molar-refractivity contribution in [2.24, 2.45) is 0 Å². The molecule has 3 aromatic rings. The zero-order chi connectivity index (χ0) is 16.8. The first kappa shape index (κ1) is 15.1. The number of rotatable bonds is 3. The molecule has 2 bridgehead atoms. The van der Waals surface area contributed by atoms with Crippen molar-refractivity contribution in [3.05, 3.63) is 30.0 Å². The van der Waals surface area contributed by atoms with Crippen molar-refractivity contribution in [1.29, 1.82) is 0 Å². The molecule has 5 heterocycles. The molecule has 0 aliphatic carbocycles. The van der Waals surface area contributed by atoms with Gasteiger partial charge in [0.2, 0.25) is 5.88 Å². The molecule has 2 saturated heterocycles. The lowest BCUT2D eigenvalue weighted by Crippen LogP contribution is -2.40. The normalized spacial score (nSPS) is 22.5. The molecule has 5 rings (SSSR count). The molecule has 0 amide bonds. The Kier molecular flexibility index (Phi) is 3.59. The molecular weight excluding hydrogens is 332 g/mol. The second-order valence-corrected chi connectivity index (χ2v) is 7.67. The summed E-state index contributed by atoms with van der Waals surface area (Å²) in [4.78, 5) is 17.3. The molecule has 2 fully saturated rings. The predicted molar refractivity (Wildman–Crippen MR) is 100 cm³/mol. The minimum atomic E-state index is 0.625. The maximum Gasteiger partial charge on any atom is 0.221 e. The minimum Gasteiger partial charge on any atom is -0.481 e. The molecule has 0 aromatic carbocycles. The van der Waals surface area contributed by atoms with E-state index in [2.05, 4.69) is 26.3 Å². The Morgan fingerprint density at radius 2 is 1.92 bits per heavy atom. The molecule has 3 aromatic heterocycles. The molecular formula is C19H20N4OS. The highest BCUT2D eigenvalue weighted by molar-refractivity contribution is 7.17. The first-order valence-electron chi connectivity index (χ1n) is 8.86. The number of anilines is 1. The quantitative estimate of drug-likeness (QED) is 0.704. The van der Waals surface area contributed by atoms with Gasteiger partial charge >= 0.3 is 0 Å². The van der Waals surface area contributed by atoms with Crippen LogP contribution in [0.2, 0.25) is 0 Å². The smallest absolute Gasteiger partial charge is 0.221 e. The fourth-order valence-corrected chi connectivity index (χ4v) is 5.38. The zero-order valence-electron chi connectivity index (χ0n) is 14.2. The summed E-state index contributed by atoms with van der Waals surface area (Å²) in [5.41, 5.74) is 2.14. The molecule has 5 nitrogen and oxygen atoms in total. The highest BCUT2D eigenvalue weighted by atomic mass is 32.1. The Morgan fingerprint density at radius 1 is 1.08 bits per heavy atom. The van der Waals surface area contributed by atoms with Gasteiger partial charge in [-0.3, -0.25) is 0 Å². The summed E-state index contributed by atoms with van der Waals surface area (Å²) >= 11 is 1.67. The average molecular weight is 352 g/mol. The molecule has 0 radical (unpaired) electrons. The highest BCUT2D eigenvalue weighted by Crippen LogP contribution is 2.45. The number of ether oxygens (including phenoxy) is 1. The lowest BCUT2D eigenvalue weighted by Gasteiger charge is -2.36. The van der Waals surface area contributed by atoms with Crippen molar-refractivity contribution >= 4 is 27.4 Å². The second-order valence-electron chi connectivity index (χ2n) is 6.81. The van der Waals surface area contributed by atoms with E-state index >= 15 is 0 Å². The Morgan fingerprint density at radius 3 is 2.72 bits per heavy atom. The van der Waals surface area contributed by atoms with Gasteiger partial charge in [0.05, 0.1) is 12.5 Å². The number of hydrogen-bond acceptors (Lipinski definition) is 6. The van der Waals surface area contributed by atoms with Gasteiger partial charge < -0.3 is 9.64 Å². The van der Waals surface area contributed by atoms with Gasteiger partial charge in [0.1, 0.15) is 17.0 Å². The second kappa shape index (κ2) is 5.95. The van der Waals surface area contributed by atoms with E-state index in [0.29, 0.717) is 18.0 Å². The topological polar surface area (TPSA) is 51.1 Å². The number of nitrogens with zero attached hydrogens (tertiary/aromatic N) is 4. The SMILES string of the molecule is COc1ncccc1-c1csc2ncnc(N3C4CCCC3CC4)c12. The van der Waals surface area contributed by atoms with Crippen LogP contribution in [0.3, 0.4) is 0 Å². The minimum absolute atomic E-state index is 0.625. The molecule has 0 saturated carbocycles. The monoisotopic (exact) mass is 352 g/mol. The van der Waals surface area contributed by atoms with Crippen LogP contribution in [0.25, 0.3) is 21.3 Å². The standard InChI is InChI=1S/C19H20N4OS/c1-24-18-14(6-3-9-20-18)15-10-25-19-16(15)17(21-11-22-19)23-12-4-2-5-13(23)8-7-12/h3,6,9-13H,2,4-5,7-8H2,1H3. The number of thiophene rings is 1. The summed E-state index contributed by atoms with van der Waals surface area (Å²) in [7, 11) is 1.67. The highest BCUT2D eigenvalue weighted by Gasteiger charge is 2.38. The third-order valence-corrected chi connectivity index (χ3v) is 6.43. The van der Waals surface area contributed by atoms with E-state index in [1.54, 1.807) is 31.0 Å². The molecule has 128 valence electrons. The molecule has 2 aliphatic rings. The fourth-order valence-electron chi connectivity index (χ4n) is 4.47. The van der Waals surface area contributed by atoms with Crippen LogP contribution in [-0.2, 0) is 0 Å². The first-order chi connectivity index (χ1) is 12.4. The summed E-state index contributed by atoms with van der Waals surface area (Å²) in [6.45, 7) is 0. The number of methoxy groups -OCH3 is 1. The Labute approximate surface area is 150 Å². The number of fused-ring (bicyclic) bond motifs is 3. The van der Waals surface area contributed by atoms with Crippen LogP contribution < -0.4 is 9.64 Å². The van der Waals surface area contributed by atoms with Gasteiger partial charge in [-0.2, -0.15) is 0 Å². The Bertz CT molecular complexity index is 909. The predicted octanol–water partition coefficient (Wildman–Crippen LogP) is 4.28. The van der Waals surface area contributed by atoms with Gasteiger partial charge in [-0.25, -0.2) is 15.0 Å². The largest absolute Gasteiger partial charge is 0.481 e. The lowest BCUT2D eigenvalue weighted by atomic mass is 10.0. The Balaban J connectivity index is 1.72. The van der Waals surface area contributed by atoms with Crippen LogP contribution in [0.15, 0.2) is 30.0 Å². The molecule has 25 heavy (non-hydrogen) atoms. The van der Waals surface area contributed by atoms with Crippen molar-refractivity contribution in [2.45, 2.75) is 44.2 Å². The van der Waals surface area contributed by atoms with Crippen LogP contribution in [0.4, 0.5) is 5.82 Å². The summed E-state index contributed by atoms with van der Waals surface area (Å²) in [6, 6.07) is 5.27. The van der Waals surface area contributed by atoms with E-state index in [9.17, 15) is 0 Å². The van der Waals surface area contributed by atoms with Crippen LogP contribution in [0, 0.1) is 0 Å². The third kappa shape index (κ3) is 2.31.